The standard InChI is InChI=1S/C19H17NO2S/c1-20(13-15-11-12-23-14-15)19(21)16-7-9-18(10-8-16)22-17-5-3-2-4-6-17/h2-12,14H,13H2,1H3. The summed E-state index contributed by atoms with van der Waals surface area (Å²) >= 11 is 1.64. The van der Waals surface area contributed by atoms with E-state index < -0.39 is 0 Å². The van der Waals surface area contributed by atoms with E-state index in [4.69, 9.17) is 4.74 Å². The van der Waals surface area contributed by atoms with Crippen molar-refractivity contribution in [3.63, 3.8) is 0 Å². The van der Waals surface area contributed by atoms with Crippen molar-refractivity contribution in [2.75, 3.05) is 7.05 Å². The van der Waals surface area contributed by atoms with Gasteiger partial charge in [-0.25, -0.2) is 0 Å². The third-order valence-corrected chi connectivity index (χ3v) is 4.16. The SMILES string of the molecule is CN(Cc1ccsc1)C(=O)c1ccc(Oc2ccccc2)cc1. The van der Waals surface area contributed by atoms with Crippen molar-refractivity contribution in [1.29, 1.82) is 0 Å². The summed E-state index contributed by atoms with van der Waals surface area (Å²) in [4.78, 5) is 14.1. The number of para-hydroxylation sites is 1. The molecule has 0 radical (unpaired) electrons. The fraction of sp³-hybridized carbons (Fsp3) is 0.105. The predicted octanol–water partition coefficient (Wildman–Crippen LogP) is 4.81. The maximum absolute atomic E-state index is 12.4. The zero-order valence-electron chi connectivity index (χ0n) is 12.8. The zero-order valence-corrected chi connectivity index (χ0v) is 13.6. The molecule has 0 bridgehead atoms. The van der Waals surface area contributed by atoms with Gasteiger partial charge in [-0.1, -0.05) is 18.2 Å². The average molecular weight is 323 g/mol. The Morgan fingerprint density at radius 1 is 1.00 bits per heavy atom. The Hall–Kier alpha value is -2.59. The van der Waals surface area contributed by atoms with Gasteiger partial charge in [0.2, 0.25) is 0 Å². The van der Waals surface area contributed by atoms with Crippen LogP contribution in [0.2, 0.25) is 0 Å². The van der Waals surface area contributed by atoms with Gasteiger partial charge < -0.3 is 9.64 Å². The molecule has 0 atom stereocenters. The van der Waals surface area contributed by atoms with E-state index in [0.29, 0.717) is 17.9 Å². The van der Waals surface area contributed by atoms with Crippen molar-refractivity contribution >= 4 is 17.2 Å². The number of nitrogens with zero attached hydrogens (tertiary/aromatic N) is 1. The molecule has 0 aliphatic carbocycles. The third kappa shape index (κ3) is 3.99. The van der Waals surface area contributed by atoms with E-state index >= 15 is 0 Å². The van der Waals surface area contributed by atoms with Gasteiger partial charge in [-0.15, -0.1) is 0 Å². The number of benzene rings is 2. The molecule has 0 N–H and O–H groups in total. The fourth-order valence-electron chi connectivity index (χ4n) is 2.24. The summed E-state index contributed by atoms with van der Waals surface area (Å²) in [5, 5.41) is 4.07. The van der Waals surface area contributed by atoms with Gasteiger partial charge in [0.25, 0.3) is 5.91 Å². The van der Waals surface area contributed by atoms with Crippen LogP contribution in [-0.2, 0) is 6.54 Å². The minimum Gasteiger partial charge on any atom is -0.457 e. The Labute approximate surface area is 139 Å². The van der Waals surface area contributed by atoms with E-state index in [1.54, 1.807) is 28.4 Å². The van der Waals surface area contributed by atoms with Crippen molar-refractivity contribution in [3.05, 3.63) is 82.6 Å². The Morgan fingerprint density at radius 3 is 2.35 bits per heavy atom. The van der Waals surface area contributed by atoms with Crippen molar-refractivity contribution in [2.45, 2.75) is 6.54 Å². The first-order valence-electron chi connectivity index (χ1n) is 7.32. The number of hydrogen-bond donors (Lipinski definition) is 0. The molecule has 0 spiro atoms. The number of hydrogen-bond acceptors (Lipinski definition) is 3. The van der Waals surface area contributed by atoms with Gasteiger partial charge in [0.15, 0.2) is 0 Å². The highest BCUT2D eigenvalue weighted by atomic mass is 32.1. The first kappa shape index (κ1) is 15.3. The normalized spacial score (nSPS) is 10.3. The van der Waals surface area contributed by atoms with Gasteiger partial charge in [0, 0.05) is 19.2 Å². The topological polar surface area (TPSA) is 29.5 Å². The summed E-state index contributed by atoms with van der Waals surface area (Å²) in [6.45, 7) is 0.616. The first-order chi connectivity index (χ1) is 11.2. The van der Waals surface area contributed by atoms with Gasteiger partial charge in [0.05, 0.1) is 0 Å². The van der Waals surface area contributed by atoms with E-state index in [9.17, 15) is 4.79 Å². The Bertz CT molecular complexity index is 752. The Morgan fingerprint density at radius 2 is 1.70 bits per heavy atom. The molecule has 0 unspecified atom stereocenters. The summed E-state index contributed by atoms with van der Waals surface area (Å²) in [6, 6.07) is 18.8. The summed E-state index contributed by atoms with van der Waals surface area (Å²) < 4.78 is 5.74. The minimum atomic E-state index is 0.00228. The lowest BCUT2D eigenvalue weighted by Crippen LogP contribution is -2.25. The highest BCUT2D eigenvalue weighted by Gasteiger charge is 2.12. The highest BCUT2D eigenvalue weighted by molar-refractivity contribution is 7.07. The largest absolute Gasteiger partial charge is 0.457 e. The molecule has 0 aliphatic rings. The van der Waals surface area contributed by atoms with Crippen LogP contribution in [0.15, 0.2) is 71.4 Å². The molecule has 2 aromatic carbocycles. The molecule has 1 aromatic heterocycles. The van der Waals surface area contributed by atoms with Gasteiger partial charge in [-0.2, -0.15) is 11.3 Å². The Balaban J connectivity index is 1.65. The van der Waals surface area contributed by atoms with Crippen LogP contribution in [0.3, 0.4) is 0 Å². The molecule has 0 fully saturated rings. The van der Waals surface area contributed by atoms with Gasteiger partial charge in [0.1, 0.15) is 11.5 Å². The van der Waals surface area contributed by atoms with Gasteiger partial charge in [-0.05, 0) is 58.8 Å². The molecule has 0 aliphatic heterocycles. The van der Waals surface area contributed by atoms with Crippen LogP contribution in [-0.4, -0.2) is 17.9 Å². The number of thiophene rings is 1. The molecule has 0 saturated heterocycles. The molecular formula is C19H17NO2S. The van der Waals surface area contributed by atoms with Crippen molar-refractivity contribution in [1.82, 2.24) is 4.90 Å². The van der Waals surface area contributed by atoms with Crippen molar-refractivity contribution in [2.24, 2.45) is 0 Å². The summed E-state index contributed by atoms with van der Waals surface area (Å²) in [5.41, 5.74) is 1.80. The lowest BCUT2D eigenvalue weighted by atomic mass is 10.2. The van der Waals surface area contributed by atoms with Crippen LogP contribution in [0.25, 0.3) is 0 Å². The van der Waals surface area contributed by atoms with Crippen LogP contribution >= 0.6 is 11.3 Å². The molecule has 3 nitrogen and oxygen atoms in total. The van der Waals surface area contributed by atoms with Crippen LogP contribution in [0.5, 0.6) is 11.5 Å². The molecule has 4 heteroatoms. The summed E-state index contributed by atoms with van der Waals surface area (Å²) in [7, 11) is 1.81. The molecule has 3 rings (SSSR count). The number of carbonyl (C=O) groups excluding carboxylic acids is 1. The van der Waals surface area contributed by atoms with E-state index in [1.807, 2.05) is 61.0 Å². The molecular weight excluding hydrogens is 306 g/mol. The number of ether oxygens (including phenoxy) is 1. The number of carbonyl (C=O) groups is 1. The molecule has 23 heavy (non-hydrogen) atoms. The lowest BCUT2D eigenvalue weighted by molar-refractivity contribution is 0.0785. The van der Waals surface area contributed by atoms with Crippen LogP contribution in [0.4, 0.5) is 0 Å². The lowest BCUT2D eigenvalue weighted by Gasteiger charge is -2.16. The average Bonchev–Trinajstić information content (AvgIpc) is 3.09. The van der Waals surface area contributed by atoms with E-state index in [1.165, 1.54) is 0 Å². The molecule has 1 heterocycles. The molecule has 3 aromatic rings. The van der Waals surface area contributed by atoms with Crippen LogP contribution in [0, 0.1) is 0 Å². The zero-order chi connectivity index (χ0) is 16.1. The smallest absolute Gasteiger partial charge is 0.253 e. The molecule has 116 valence electrons. The van der Waals surface area contributed by atoms with Crippen molar-refractivity contribution < 1.29 is 9.53 Å². The fourth-order valence-corrected chi connectivity index (χ4v) is 2.90. The van der Waals surface area contributed by atoms with Crippen LogP contribution in [0.1, 0.15) is 15.9 Å². The van der Waals surface area contributed by atoms with E-state index in [2.05, 4.69) is 5.38 Å². The summed E-state index contributed by atoms with van der Waals surface area (Å²) in [5.74, 6) is 1.50. The van der Waals surface area contributed by atoms with E-state index in [0.717, 1.165) is 11.3 Å². The molecule has 1 amide bonds. The number of amides is 1. The third-order valence-electron chi connectivity index (χ3n) is 3.43. The monoisotopic (exact) mass is 323 g/mol. The second-order valence-electron chi connectivity index (χ2n) is 5.23. The van der Waals surface area contributed by atoms with Crippen LogP contribution < -0.4 is 4.74 Å². The van der Waals surface area contributed by atoms with Crippen molar-refractivity contribution in [3.8, 4) is 11.5 Å². The van der Waals surface area contributed by atoms with Gasteiger partial charge in [-0.3, -0.25) is 4.79 Å². The molecule has 0 saturated carbocycles. The summed E-state index contributed by atoms with van der Waals surface area (Å²) in [6.07, 6.45) is 0. The van der Waals surface area contributed by atoms with E-state index in [-0.39, 0.29) is 5.91 Å². The Kier molecular flexibility index (Phi) is 4.74. The maximum atomic E-state index is 12.4. The predicted molar refractivity (Wildman–Crippen MR) is 93.1 cm³/mol. The minimum absolute atomic E-state index is 0.00228. The number of rotatable bonds is 5. The van der Waals surface area contributed by atoms with Gasteiger partial charge >= 0.3 is 0 Å². The second kappa shape index (κ2) is 7.11. The maximum Gasteiger partial charge on any atom is 0.253 e. The first-order valence-corrected chi connectivity index (χ1v) is 8.26. The highest BCUT2D eigenvalue weighted by Crippen LogP contribution is 2.21. The quantitative estimate of drug-likeness (QED) is 0.674. The second-order valence-corrected chi connectivity index (χ2v) is 6.01.